The maximum absolute atomic E-state index is 13.2. The van der Waals surface area contributed by atoms with Crippen molar-refractivity contribution in [2.45, 2.75) is 38.2 Å². The molecule has 0 spiro atoms. The summed E-state index contributed by atoms with van der Waals surface area (Å²) in [5.41, 5.74) is 0.647. The highest BCUT2D eigenvalue weighted by Crippen LogP contribution is 2.51. The summed E-state index contributed by atoms with van der Waals surface area (Å²) in [6.45, 7) is 0. The molecule has 106 valence electrons. The lowest BCUT2D eigenvalue weighted by molar-refractivity contribution is 0.106. The van der Waals surface area contributed by atoms with Crippen LogP contribution in [0.2, 0.25) is 0 Å². The third-order valence-electron chi connectivity index (χ3n) is 5.24. The van der Waals surface area contributed by atoms with Gasteiger partial charge in [-0.1, -0.05) is 6.42 Å². The number of furan rings is 1. The zero-order valence-corrected chi connectivity index (χ0v) is 11.4. The van der Waals surface area contributed by atoms with Crippen molar-refractivity contribution < 1.29 is 13.9 Å². The van der Waals surface area contributed by atoms with E-state index < -0.39 is 6.10 Å². The highest BCUT2D eigenvalue weighted by atomic mass is 19.1. The number of fused-ring (bicyclic) bond motifs is 3. The van der Waals surface area contributed by atoms with Crippen LogP contribution in [-0.2, 0) is 0 Å². The van der Waals surface area contributed by atoms with E-state index in [1.165, 1.54) is 37.8 Å². The van der Waals surface area contributed by atoms with Gasteiger partial charge in [-0.15, -0.1) is 0 Å². The number of rotatable bonds is 3. The third-order valence-corrected chi connectivity index (χ3v) is 5.24. The molecule has 2 aromatic rings. The van der Waals surface area contributed by atoms with Crippen LogP contribution in [0, 0.1) is 23.6 Å². The second-order valence-electron chi connectivity index (χ2n) is 6.52. The molecule has 4 atom stereocenters. The zero-order chi connectivity index (χ0) is 13.7. The van der Waals surface area contributed by atoms with Crippen LogP contribution in [0.15, 0.2) is 28.7 Å². The van der Waals surface area contributed by atoms with Crippen molar-refractivity contribution in [3.8, 4) is 0 Å². The first-order valence-electron chi connectivity index (χ1n) is 7.56. The molecular weight excluding hydrogens is 255 g/mol. The van der Waals surface area contributed by atoms with E-state index in [9.17, 15) is 9.50 Å². The van der Waals surface area contributed by atoms with Gasteiger partial charge >= 0.3 is 0 Å². The first kappa shape index (κ1) is 12.4. The van der Waals surface area contributed by atoms with Crippen molar-refractivity contribution in [3.63, 3.8) is 0 Å². The van der Waals surface area contributed by atoms with Crippen LogP contribution in [0.4, 0.5) is 4.39 Å². The Morgan fingerprint density at radius 1 is 1.25 bits per heavy atom. The summed E-state index contributed by atoms with van der Waals surface area (Å²) >= 11 is 0. The zero-order valence-electron chi connectivity index (χ0n) is 11.4. The lowest BCUT2D eigenvalue weighted by atomic mass is 9.84. The van der Waals surface area contributed by atoms with Gasteiger partial charge in [0.2, 0.25) is 0 Å². The van der Waals surface area contributed by atoms with Crippen LogP contribution >= 0.6 is 0 Å². The molecule has 1 heterocycles. The normalized spacial score (nSPS) is 30.2. The minimum absolute atomic E-state index is 0.271. The van der Waals surface area contributed by atoms with E-state index in [4.69, 9.17) is 4.42 Å². The van der Waals surface area contributed by atoms with Crippen molar-refractivity contribution in [3.05, 3.63) is 35.8 Å². The van der Waals surface area contributed by atoms with Crippen LogP contribution in [0.5, 0.6) is 0 Å². The van der Waals surface area contributed by atoms with Crippen LogP contribution < -0.4 is 0 Å². The minimum Gasteiger partial charge on any atom is -0.458 e. The number of aliphatic hydroxyl groups is 1. The van der Waals surface area contributed by atoms with Gasteiger partial charge in [-0.2, -0.15) is 0 Å². The van der Waals surface area contributed by atoms with Gasteiger partial charge in [0.15, 0.2) is 0 Å². The molecule has 0 saturated heterocycles. The average molecular weight is 274 g/mol. The Morgan fingerprint density at radius 3 is 2.90 bits per heavy atom. The topological polar surface area (TPSA) is 33.4 Å². The average Bonchev–Trinajstić information content (AvgIpc) is 3.11. The van der Waals surface area contributed by atoms with E-state index in [-0.39, 0.29) is 5.82 Å². The minimum atomic E-state index is -0.560. The predicted octanol–water partition coefficient (Wildman–Crippen LogP) is 4.43. The van der Waals surface area contributed by atoms with Gasteiger partial charge in [-0.3, -0.25) is 0 Å². The fourth-order valence-electron chi connectivity index (χ4n) is 4.27. The van der Waals surface area contributed by atoms with Crippen molar-refractivity contribution in [1.29, 1.82) is 0 Å². The lowest BCUT2D eigenvalue weighted by Gasteiger charge is -2.23. The molecule has 2 aliphatic rings. The van der Waals surface area contributed by atoms with Crippen molar-refractivity contribution in [2.75, 3.05) is 0 Å². The molecule has 2 saturated carbocycles. The molecule has 2 aliphatic carbocycles. The molecule has 1 aromatic carbocycles. The predicted molar refractivity (Wildman–Crippen MR) is 74.7 cm³/mol. The molecule has 4 unspecified atom stereocenters. The smallest absolute Gasteiger partial charge is 0.134 e. The van der Waals surface area contributed by atoms with Crippen LogP contribution in [0.25, 0.3) is 11.0 Å². The highest BCUT2D eigenvalue weighted by molar-refractivity contribution is 5.77. The largest absolute Gasteiger partial charge is 0.458 e. The maximum Gasteiger partial charge on any atom is 0.134 e. The lowest BCUT2D eigenvalue weighted by Crippen LogP contribution is -2.14. The first-order valence-corrected chi connectivity index (χ1v) is 7.56. The van der Waals surface area contributed by atoms with Gasteiger partial charge < -0.3 is 9.52 Å². The van der Waals surface area contributed by atoms with Gasteiger partial charge in [0.1, 0.15) is 23.3 Å². The molecule has 1 aromatic heterocycles. The molecule has 20 heavy (non-hydrogen) atoms. The van der Waals surface area contributed by atoms with Crippen LogP contribution in [0.1, 0.15) is 44.0 Å². The Bertz CT molecular complexity index is 633. The Kier molecular flexibility index (Phi) is 2.84. The van der Waals surface area contributed by atoms with E-state index in [2.05, 4.69) is 0 Å². The number of halogens is 1. The van der Waals surface area contributed by atoms with Gasteiger partial charge in [0.05, 0.1) is 0 Å². The van der Waals surface area contributed by atoms with Crippen molar-refractivity contribution >= 4 is 11.0 Å². The summed E-state index contributed by atoms with van der Waals surface area (Å²) in [5, 5.41) is 11.1. The fraction of sp³-hybridized carbons (Fsp3) is 0.529. The Morgan fingerprint density at radius 2 is 2.15 bits per heavy atom. The van der Waals surface area contributed by atoms with E-state index >= 15 is 0 Å². The van der Waals surface area contributed by atoms with Crippen molar-refractivity contribution in [2.24, 2.45) is 17.8 Å². The second-order valence-corrected chi connectivity index (χ2v) is 6.52. The van der Waals surface area contributed by atoms with E-state index in [1.807, 2.05) is 0 Å². The van der Waals surface area contributed by atoms with Crippen LogP contribution in [-0.4, -0.2) is 5.11 Å². The highest BCUT2D eigenvalue weighted by Gasteiger charge is 2.40. The van der Waals surface area contributed by atoms with Gasteiger partial charge in [-0.05, 0) is 67.7 Å². The second kappa shape index (κ2) is 4.59. The molecule has 3 heteroatoms. The summed E-state index contributed by atoms with van der Waals surface area (Å²) in [6, 6.07) is 6.24. The monoisotopic (exact) mass is 274 g/mol. The van der Waals surface area contributed by atoms with E-state index in [0.29, 0.717) is 17.3 Å². The van der Waals surface area contributed by atoms with Gasteiger partial charge in [0, 0.05) is 5.39 Å². The fourth-order valence-corrected chi connectivity index (χ4v) is 4.27. The molecule has 2 bridgehead atoms. The first-order chi connectivity index (χ1) is 9.69. The molecule has 0 amide bonds. The quantitative estimate of drug-likeness (QED) is 0.898. The van der Waals surface area contributed by atoms with Crippen molar-refractivity contribution in [1.82, 2.24) is 0 Å². The van der Waals surface area contributed by atoms with E-state index in [0.717, 1.165) is 23.6 Å². The number of benzene rings is 1. The summed E-state index contributed by atoms with van der Waals surface area (Å²) in [5.74, 6) is 2.63. The Hall–Kier alpha value is -1.35. The Labute approximate surface area is 117 Å². The van der Waals surface area contributed by atoms with E-state index in [1.54, 1.807) is 12.1 Å². The molecule has 2 fully saturated rings. The standard InChI is InChI=1S/C17H19FO2/c18-14-3-4-16-13(7-14)9-17(20-16)15(19)8-12-6-10-1-2-11(12)5-10/h3-4,7,9-12,15,19H,1-2,5-6,8H2. The molecule has 0 aliphatic heterocycles. The van der Waals surface area contributed by atoms with Gasteiger partial charge in [0.25, 0.3) is 0 Å². The molecule has 1 N–H and O–H groups in total. The SMILES string of the molecule is OC(CC1CC2CCC1C2)c1cc2cc(F)ccc2o1. The Balaban J connectivity index is 1.53. The summed E-state index contributed by atoms with van der Waals surface area (Å²) in [6.07, 6.45) is 5.53. The molecule has 0 radical (unpaired) electrons. The number of hydrogen-bond donors (Lipinski definition) is 1. The summed E-state index contributed by atoms with van der Waals surface area (Å²) in [7, 11) is 0. The summed E-state index contributed by atoms with van der Waals surface area (Å²) in [4.78, 5) is 0. The molecule has 2 nitrogen and oxygen atoms in total. The third kappa shape index (κ3) is 2.05. The van der Waals surface area contributed by atoms with Crippen LogP contribution in [0.3, 0.4) is 0 Å². The van der Waals surface area contributed by atoms with Gasteiger partial charge in [-0.25, -0.2) is 4.39 Å². The summed E-state index contributed by atoms with van der Waals surface area (Å²) < 4.78 is 18.8. The maximum atomic E-state index is 13.2. The molecule has 4 rings (SSSR count). The number of aliphatic hydroxyl groups excluding tert-OH is 1. The number of hydrogen-bond acceptors (Lipinski definition) is 2. The molecular formula is C17H19FO2.